The molecular weight excluding hydrogens is 646 g/mol. The van der Waals surface area contributed by atoms with Crippen molar-refractivity contribution in [2.45, 2.75) is 56.6 Å². The predicted molar refractivity (Wildman–Crippen MR) is 151 cm³/mol. The molecule has 8 atom stereocenters. The van der Waals surface area contributed by atoms with Gasteiger partial charge >= 0.3 is 21.3 Å². The lowest BCUT2D eigenvalue weighted by Gasteiger charge is -2.25. The van der Waals surface area contributed by atoms with E-state index in [1.54, 1.807) is 6.92 Å². The Kier molecular flexibility index (Phi) is 9.60. The average molecular weight is 678 g/mol. The van der Waals surface area contributed by atoms with Crippen LogP contribution in [0.5, 0.6) is 0 Å². The number of phosphoric acid groups is 2. The third kappa shape index (κ3) is 7.03. The lowest BCUT2D eigenvalue weighted by molar-refractivity contribution is -0.0575. The molecule has 0 saturated carbocycles. The monoisotopic (exact) mass is 678 g/mol. The van der Waals surface area contributed by atoms with Crippen LogP contribution in [0.3, 0.4) is 0 Å². The highest BCUT2D eigenvalue weighted by Gasteiger charge is 2.46. The second-order valence-corrected chi connectivity index (χ2v) is 13.3. The van der Waals surface area contributed by atoms with Gasteiger partial charge in [-0.15, -0.1) is 0 Å². The van der Waals surface area contributed by atoms with Crippen molar-refractivity contribution in [3.05, 3.63) is 38.9 Å². The third-order valence-corrected chi connectivity index (χ3v) is 9.61. The number of fused-ring (bicyclic) bond motifs is 1. The van der Waals surface area contributed by atoms with Crippen LogP contribution in [-0.2, 0) is 41.2 Å². The van der Waals surface area contributed by atoms with E-state index in [0.717, 1.165) is 14.2 Å². The summed E-state index contributed by atoms with van der Waals surface area (Å²) in [5, 5.41) is 9.90. The molecule has 3 aromatic heterocycles. The highest BCUT2D eigenvalue weighted by molar-refractivity contribution is 7.48. The molecule has 7 N–H and O–H groups in total. The first kappa shape index (κ1) is 33.3. The van der Waals surface area contributed by atoms with Gasteiger partial charge < -0.3 is 30.9 Å². The molecule has 21 nitrogen and oxygen atoms in total. The maximum atomic E-state index is 13.6. The van der Waals surface area contributed by atoms with Crippen LogP contribution in [0.4, 0.5) is 11.8 Å². The predicted octanol–water partition coefficient (Wildman–Crippen LogP) is -0.295. The highest BCUT2D eigenvalue weighted by atomic mass is 31.2. The second kappa shape index (κ2) is 13.0. The van der Waals surface area contributed by atoms with Crippen LogP contribution in [0, 0.1) is 6.92 Å². The SMILES string of the molecule is COP(=O)(O)OC1C[C@H](n2cnc3c(=O)[nH]c(N)nc32)O[C@@H]1COP(=O)(OC)OC1C[C@H](n2cc(C)c(N)nc2=O)O[C@@H]1CO. The topological polar surface area (TPSA) is 290 Å². The molecule has 4 unspecified atom stereocenters. The van der Waals surface area contributed by atoms with E-state index in [1.165, 1.54) is 21.7 Å². The molecule has 0 spiro atoms. The summed E-state index contributed by atoms with van der Waals surface area (Å²) in [5.41, 5.74) is 10.6. The van der Waals surface area contributed by atoms with Gasteiger partial charge in [-0.1, -0.05) is 0 Å². The fourth-order valence-electron chi connectivity index (χ4n) is 4.89. The molecule has 5 heterocycles. The van der Waals surface area contributed by atoms with Gasteiger partial charge in [-0.2, -0.15) is 9.97 Å². The van der Waals surface area contributed by atoms with E-state index in [4.69, 9.17) is 39.0 Å². The first-order valence-corrected chi connectivity index (χ1v) is 16.3. The van der Waals surface area contributed by atoms with Crippen molar-refractivity contribution in [1.29, 1.82) is 0 Å². The normalized spacial score (nSPS) is 27.9. The molecule has 248 valence electrons. The van der Waals surface area contributed by atoms with Crippen LogP contribution in [0.15, 0.2) is 22.1 Å². The standard InChI is InChI=1S/C22H32N8O13P2/c1-10-6-29(22(33)26-18(10)23)15-4-11(13(7-31)40-15)43-45(36,38-3)39-8-14-12(42-44(34,35)37-2)5-16(41-14)30-9-25-17-19(30)27-21(24)28-20(17)32/h6,9,11-16,31H,4-5,7-8H2,1-3H3,(H,34,35)(H2,23,26,33)(H3,24,27,28,32)/t11?,12?,13-,14-,15-,16-,45?/m1/s1. The summed E-state index contributed by atoms with van der Waals surface area (Å²) in [4.78, 5) is 48.8. The molecule has 2 fully saturated rings. The summed E-state index contributed by atoms with van der Waals surface area (Å²) < 4.78 is 66.2. The lowest BCUT2D eigenvalue weighted by Crippen LogP contribution is -2.30. The number of hydrogen-bond acceptors (Lipinski definition) is 17. The largest absolute Gasteiger partial charge is 0.474 e. The Labute approximate surface area is 253 Å². The second-order valence-electron chi connectivity index (χ2n) is 10.1. The van der Waals surface area contributed by atoms with E-state index in [-0.39, 0.29) is 35.8 Å². The van der Waals surface area contributed by atoms with Gasteiger partial charge in [-0.05, 0) is 6.92 Å². The van der Waals surface area contributed by atoms with Crippen LogP contribution < -0.4 is 22.7 Å². The van der Waals surface area contributed by atoms with Crippen molar-refractivity contribution in [2.75, 3.05) is 38.9 Å². The zero-order valence-electron chi connectivity index (χ0n) is 24.1. The number of aromatic nitrogens is 6. The molecule has 2 aliphatic heterocycles. The number of rotatable bonds is 12. The number of phosphoric ester groups is 2. The molecule has 45 heavy (non-hydrogen) atoms. The summed E-state index contributed by atoms with van der Waals surface area (Å²) >= 11 is 0. The first-order chi connectivity index (χ1) is 21.3. The minimum Gasteiger partial charge on any atom is -0.394 e. The quantitative estimate of drug-likeness (QED) is 0.154. The third-order valence-electron chi connectivity index (χ3n) is 7.17. The number of nitrogens with two attached hydrogens (primary N) is 2. The van der Waals surface area contributed by atoms with Crippen molar-refractivity contribution in [3.8, 4) is 0 Å². The number of H-pyrrole nitrogens is 1. The van der Waals surface area contributed by atoms with Crippen LogP contribution >= 0.6 is 15.6 Å². The van der Waals surface area contributed by atoms with Gasteiger partial charge in [0.2, 0.25) is 5.95 Å². The number of aryl methyl sites for hydroxylation is 1. The van der Waals surface area contributed by atoms with Crippen LogP contribution in [0.1, 0.15) is 30.9 Å². The molecular formula is C22H32N8O13P2. The van der Waals surface area contributed by atoms with Gasteiger partial charge in [0.1, 0.15) is 42.7 Å². The number of aliphatic hydroxyl groups excluding tert-OH is 1. The van der Waals surface area contributed by atoms with E-state index >= 15 is 0 Å². The summed E-state index contributed by atoms with van der Waals surface area (Å²) in [6.07, 6.45) is -3.78. The first-order valence-electron chi connectivity index (χ1n) is 13.3. The number of aliphatic hydroxyl groups is 1. The van der Waals surface area contributed by atoms with E-state index in [1.807, 2.05) is 0 Å². The Morgan fingerprint density at radius 3 is 2.38 bits per heavy atom. The summed E-state index contributed by atoms with van der Waals surface area (Å²) in [7, 11) is -6.94. The zero-order valence-corrected chi connectivity index (χ0v) is 25.9. The minimum absolute atomic E-state index is 0.0327. The number of anilines is 2. The smallest absolute Gasteiger partial charge is 0.394 e. The molecule has 0 aromatic carbocycles. The van der Waals surface area contributed by atoms with Crippen molar-refractivity contribution >= 4 is 38.6 Å². The van der Waals surface area contributed by atoms with E-state index < -0.39 is 77.0 Å². The highest BCUT2D eigenvalue weighted by Crippen LogP contribution is 2.54. The van der Waals surface area contributed by atoms with E-state index in [2.05, 4.69) is 24.5 Å². The van der Waals surface area contributed by atoms with Gasteiger partial charge in [0, 0.05) is 38.8 Å². The van der Waals surface area contributed by atoms with Crippen molar-refractivity contribution in [3.63, 3.8) is 0 Å². The van der Waals surface area contributed by atoms with Crippen LogP contribution in [0.25, 0.3) is 11.2 Å². The fraction of sp³-hybridized carbons (Fsp3) is 0.591. The molecule has 2 aliphatic rings. The van der Waals surface area contributed by atoms with Crippen LogP contribution in [0.2, 0.25) is 0 Å². The number of nitrogens with one attached hydrogen (secondary N) is 1. The van der Waals surface area contributed by atoms with Gasteiger partial charge in [0.25, 0.3) is 5.56 Å². The summed E-state index contributed by atoms with van der Waals surface area (Å²) in [6, 6.07) is 0. The molecule has 0 aliphatic carbocycles. The van der Waals surface area contributed by atoms with Crippen molar-refractivity contribution in [2.24, 2.45) is 0 Å². The number of aromatic amines is 1. The number of hydrogen-bond donors (Lipinski definition) is 5. The zero-order chi connectivity index (χ0) is 32.7. The van der Waals surface area contributed by atoms with Crippen LogP contribution in [-0.4, -0.2) is 90.9 Å². The Morgan fingerprint density at radius 2 is 1.71 bits per heavy atom. The molecule has 0 amide bonds. The summed E-state index contributed by atoms with van der Waals surface area (Å²) in [5.74, 6) is -0.126. The molecule has 23 heteroatoms. The number of nitrogen functional groups attached to an aromatic ring is 2. The Hall–Kier alpha value is -3.07. The van der Waals surface area contributed by atoms with E-state index in [9.17, 15) is 28.7 Å². The molecule has 5 rings (SSSR count). The van der Waals surface area contributed by atoms with Gasteiger partial charge in [-0.3, -0.25) is 41.5 Å². The van der Waals surface area contributed by atoms with Gasteiger partial charge in [-0.25, -0.2) is 18.9 Å². The van der Waals surface area contributed by atoms with E-state index in [0.29, 0.717) is 5.56 Å². The van der Waals surface area contributed by atoms with Gasteiger partial charge in [0.15, 0.2) is 11.2 Å². The Morgan fingerprint density at radius 1 is 1.04 bits per heavy atom. The molecule has 0 radical (unpaired) electrons. The number of ether oxygens (including phenoxy) is 2. The van der Waals surface area contributed by atoms with Gasteiger partial charge in [0.05, 0.1) is 19.5 Å². The maximum Gasteiger partial charge on any atom is 0.474 e. The fourth-order valence-corrected chi connectivity index (χ4v) is 6.67. The van der Waals surface area contributed by atoms with Crippen molar-refractivity contribution < 1.29 is 51.2 Å². The number of imidazole rings is 1. The molecule has 0 bridgehead atoms. The molecule has 3 aromatic rings. The maximum absolute atomic E-state index is 13.6. The minimum atomic E-state index is -4.55. The lowest BCUT2D eigenvalue weighted by atomic mass is 10.2. The summed E-state index contributed by atoms with van der Waals surface area (Å²) in [6.45, 7) is 0.529. The molecule has 2 saturated heterocycles. The Balaban J connectivity index is 1.33. The van der Waals surface area contributed by atoms with Crippen molar-refractivity contribution in [1.82, 2.24) is 29.1 Å². The number of nitrogens with zero attached hydrogens (tertiary/aromatic N) is 5. The average Bonchev–Trinajstić information content (AvgIpc) is 3.70. The Bertz CT molecular complexity index is 1760.